The minimum atomic E-state index is -1.26. The summed E-state index contributed by atoms with van der Waals surface area (Å²) < 4.78 is 15.0. The molecule has 10 heteroatoms. The molecule has 0 amide bonds. The number of carbonyl (C=O) groups excluding carboxylic acids is 1. The second-order valence-corrected chi connectivity index (χ2v) is 5.58. The first-order valence-electron chi connectivity index (χ1n) is 7.31. The van der Waals surface area contributed by atoms with Gasteiger partial charge in [-0.25, -0.2) is 19.0 Å². The number of aromatic nitrogens is 1. The lowest BCUT2D eigenvalue weighted by molar-refractivity contribution is 0.0696. The Kier molecular flexibility index (Phi) is 4.70. The molecule has 0 bridgehead atoms. The van der Waals surface area contributed by atoms with E-state index < -0.39 is 23.4 Å². The second kappa shape index (κ2) is 6.96. The summed E-state index contributed by atoms with van der Waals surface area (Å²) in [6.07, 6.45) is -1.06. The highest BCUT2D eigenvalue weighted by Gasteiger charge is 2.19. The van der Waals surface area contributed by atoms with Gasteiger partial charge in [-0.2, -0.15) is 0 Å². The number of benzene rings is 2. The molecule has 0 saturated heterocycles. The molecule has 2 aromatic carbocycles. The van der Waals surface area contributed by atoms with Gasteiger partial charge in [0.2, 0.25) is 0 Å². The van der Waals surface area contributed by atoms with Crippen LogP contribution in [0, 0.1) is 0 Å². The average molecular weight is 392 g/mol. The Bertz CT molecular complexity index is 1190. The maximum Gasteiger partial charge on any atom is 0.513 e. The Morgan fingerprint density at radius 2 is 1.93 bits per heavy atom. The fourth-order valence-corrected chi connectivity index (χ4v) is 2.56. The zero-order valence-corrected chi connectivity index (χ0v) is 14.4. The number of rotatable bonds is 3. The van der Waals surface area contributed by atoms with Crippen molar-refractivity contribution in [1.29, 1.82) is 0 Å². The quantitative estimate of drug-likeness (QED) is 0.533. The van der Waals surface area contributed by atoms with Crippen LogP contribution in [0.3, 0.4) is 0 Å². The average Bonchev–Trinajstić information content (AvgIpc) is 2.63. The number of nitrogens with zero attached hydrogens (tertiary/aromatic N) is 1. The SMILES string of the molecule is COC(=O)Oc1cccc2c(=O)n(-c3cc(C(=O)O)ccc3Cl)c(=O)oc12. The molecule has 0 radical (unpaired) electrons. The molecule has 1 N–H and O–H groups in total. The third-order valence-electron chi connectivity index (χ3n) is 3.58. The summed E-state index contributed by atoms with van der Waals surface area (Å²) in [5.41, 5.74) is -1.43. The normalized spacial score (nSPS) is 10.6. The van der Waals surface area contributed by atoms with Crippen LogP contribution in [0.1, 0.15) is 10.4 Å². The number of carbonyl (C=O) groups is 2. The Morgan fingerprint density at radius 3 is 2.59 bits per heavy atom. The van der Waals surface area contributed by atoms with E-state index in [1.165, 1.54) is 30.3 Å². The number of halogens is 1. The second-order valence-electron chi connectivity index (χ2n) is 5.17. The van der Waals surface area contributed by atoms with Gasteiger partial charge in [0.25, 0.3) is 5.56 Å². The molecule has 3 rings (SSSR count). The van der Waals surface area contributed by atoms with Crippen LogP contribution in [0.5, 0.6) is 5.75 Å². The van der Waals surface area contributed by atoms with Gasteiger partial charge in [-0.1, -0.05) is 17.7 Å². The number of aromatic carboxylic acids is 1. The van der Waals surface area contributed by atoms with Crippen LogP contribution in [0.25, 0.3) is 16.7 Å². The largest absolute Gasteiger partial charge is 0.513 e. The van der Waals surface area contributed by atoms with E-state index in [0.29, 0.717) is 4.57 Å². The van der Waals surface area contributed by atoms with E-state index in [2.05, 4.69) is 4.74 Å². The summed E-state index contributed by atoms with van der Waals surface area (Å²) in [5.74, 6) is -2.59. The molecule has 0 atom stereocenters. The van der Waals surface area contributed by atoms with Crippen molar-refractivity contribution in [3.8, 4) is 11.4 Å². The van der Waals surface area contributed by atoms with Gasteiger partial charge in [-0.05, 0) is 30.3 Å². The Morgan fingerprint density at radius 1 is 1.19 bits per heavy atom. The van der Waals surface area contributed by atoms with Crippen molar-refractivity contribution in [2.45, 2.75) is 0 Å². The molecule has 0 aliphatic carbocycles. The first-order valence-corrected chi connectivity index (χ1v) is 7.69. The highest BCUT2D eigenvalue weighted by atomic mass is 35.5. The van der Waals surface area contributed by atoms with Gasteiger partial charge in [0.05, 0.1) is 28.8 Å². The highest BCUT2D eigenvalue weighted by Crippen LogP contribution is 2.24. The van der Waals surface area contributed by atoms with Crippen molar-refractivity contribution >= 4 is 34.7 Å². The van der Waals surface area contributed by atoms with E-state index >= 15 is 0 Å². The van der Waals surface area contributed by atoms with E-state index in [1.807, 2.05) is 0 Å². The molecule has 0 aliphatic heterocycles. The number of hydrogen-bond donors (Lipinski definition) is 1. The van der Waals surface area contributed by atoms with Crippen LogP contribution in [-0.2, 0) is 4.74 Å². The predicted octanol–water partition coefficient (Wildman–Crippen LogP) is 2.44. The zero-order valence-electron chi connectivity index (χ0n) is 13.6. The number of methoxy groups -OCH3 is 1. The van der Waals surface area contributed by atoms with Gasteiger partial charge in [0.1, 0.15) is 0 Å². The van der Waals surface area contributed by atoms with E-state index in [1.54, 1.807) is 0 Å². The number of carboxylic acid groups (broad SMARTS) is 1. The fraction of sp³-hybridized carbons (Fsp3) is 0.0588. The number of ether oxygens (including phenoxy) is 2. The zero-order chi connectivity index (χ0) is 19.7. The van der Waals surface area contributed by atoms with Crippen LogP contribution in [0.15, 0.2) is 50.4 Å². The summed E-state index contributed by atoms with van der Waals surface area (Å²) in [7, 11) is 1.09. The van der Waals surface area contributed by atoms with Crippen LogP contribution in [0.4, 0.5) is 4.79 Å². The monoisotopic (exact) mass is 391 g/mol. The molecule has 9 nitrogen and oxygen atoms in total. The molecule has 0 saturated carbocycles. The van der Waals surface area contributed by atoms with Gasteiger partial charge in [-0.15, -0.1) is 0 Å². The molecule has 27 heavy (non-hydrogen) atoms. The molecular formula is C17H10ClNO8. The standard InChI is InChI=1S/C17H10ClNO8/c1-25-17(24)26-12-4-2-3-9-13(12)27-16(23)19(14(9)20)11-7-8(15(21)22)5-6-10(11)18/h2-7H,1H3,(H,21,22). The number of hydrogen-bond acceptors (Lipinski definition) is 7. The molecule has 3 aromatic rings. The van der Waals surface area contributed by atoms with Crippen LogP contribution in [0.2, 0.25) is 5.02 Å². The summed E-state index contributed by atoms with van der Waals surface area (Å²) in [6.45, 7) is 0. The molecule has 0 fully saturated rings. The Balaban J connectivity index is 2.30. The van der Waals surface area contributed by atoms with Crippen molar-refractivity contribution in [3.63, 3.8) is 0 Å². The molecule has 0 unspecified atom stereocenters. The van der Waals surface area contributed by atoms with Crippen molar-refractivity contribution in [2.24, 2.45) is 0 Å². The molecule has 138 valence electrons. The van der Waals surface area contributed by atoms with Crippen molar-refractivity contribution in [2.75, 3.05) is 7.11 Å². The lowest BCUT2D eigenvalue weighted by atomic mass is 10.2. The summed E-state index contributed by atoms with van der Waals surface area (Å²) in [5, 5.41) is 8.99. The van der Waals surface area contributed by atoms with Gasteiger partial charge in [0, 0.05) is 0 Å². The van der Waals surface area contributed by atoms with Crippen molar-refractivity contribution in [3.05, 3.63) is 67.9 Å². The number of para-hydroxylation sites is 1. The molecule has 0 spiro atoms. The first kappa shape index (κ1) is 18.2. The molecule has 0 aliphatic rings. The van der Waals surface area contributed by atoms with Gasteiger partial charge < -0.3 is 19.0 Å². The lowest BCUT2D eigenvalue weighted by Gasteiger charge is -2.10. The Hall–Kier alpha value is -3.59. The minimum Gasteiger partial charge on any atom is -0.478 e. The van der Waals surface area contributed by atoms with E-state index in [0.717, 1.165) is 13.2 Å². The van der Waals surface area contributed by atoms with Crippen LogP contribution >= 0.6 is 11.6 Å². The molecule has 1 aromatic heterocycles. The van der Waals surface area contributed by atoms with Crippen LogP contribution < -0.4 is 16.1 Å². The predicted molar refractivity (Wildman–Crippen MR) is 93.1 cm³/mol. The van der Waals surface area contributed by atoms with E-state index in [9.17, 15) is 19.2 Å². The maximum absolute atomic E-state index is 12.8. The number of fused-ring (bicyclic) bond motifs is 1. The summed E-state index contributed by atoms with van der Waals surface area (Å²) in [6, 6.07) is 7.60. The van der Waals surface area contributed by atoms with E-state index in [4.69, 9.17) is 25.9 Å². The van der Waals surface area contributed by atoms with E-state index in [-0.39, 0.29) is 33.0 Å². The fourth-order valence-electron chi connectivity index (χ4n) is 2.36. The van der Waals surface area contributed by atoms with Crippen molar-refractivity contribution < 1.29 is 28.6 Å². The maximum atomic E-state index is 12.8. The summed E-state index contributed by atoms with van der Waals surface area (Å²) >= 11 is 6.03. The Labute approximate surface area is 154 Å². The van der Waals surface area contributed by atoms with Crippen molar-refractivity contribution in [1.82, 2.24) is 4.57 Å². The smallest absolute Gasteiger partial charge is 0.478 e. The number of carboxylic acids is 1. The van der Waals surface area contributed by atoms with Gasteiger partial charge >= 0.3 is 17.9 Å². The molecular weight excluding hydrogens is 382 g/mol. The topological polar surface area (TPSA) is 125 Å². The summed E-state index contributed by atoms with van der Waals surface area (Å²) in [4.78, 5) is 47.7. The van der Waals surface area contributed by atoms with Gasteiger partial charge in [0.15, 0.2) is 11.3 Å². The van der Waals surface area contributed by atoms with Gasteiger partial charge in [-0.3, -0.25) is 4.79 Å². The highest BCUT2D eigenvalue weighted by molar-refractivity contribution is 6.32. The van der Waals surface area contributed by atoms with Crippen LogP contribution in [-0.4, -0.2) is 28.9 Å². The first-order chi connectivity index (χ1) is 12.8. The molecule has 1 heterocycles. The third kappa shape index (κ3) is 3.27. The minimum absolute atomic E-state index is 0.0317. The lowest BCUT2D eigenvalue weighted by Crippen LogP contribution is -2.31. The third-order valence-corrected chi connectivity index (χ3v) is 3.90.